The molecule has 0 spiro atoms. The summed E-state index contributed by atoms with van der Waals surface area (Å²) >= 11 is 0. The molecule has 0 saturated heterocycles. The molecule has 0 amide bonds. The van der Waals surface area contributed by atoms with Gasteiger partial charge in [-0.3, -0.25) is 4.79 Å². The standard InChI is InChI=1S/C19H23NO/c1-12(2)13-7-9-14(10-8-13)17(11-20)19(21)18-15-5-3-4-6-16(15)18/h7-10,12,15-18H,3-6H2,1-2H3. The van der Waals surface area contributed by atoms with E-state index in [-0.39, 0.29) is 11.7 Å². The SMILES string of the molecule is CC(C)c1ccc(C(C#N)C(=O)C2C3CCCCC32)cc1. The first-order valence-electron chi connectivity index (χ1n) is 8.16. The predicted molar refractivity (Wildman–Crippen MR) is 82.8 cm³/mol. The van der Waals surface area contributed by atoms with Crippen LogP contribution in [0.15, 0.2) is 24.3 Å². The van der Waals surface area contributed by atoms with Crippen molar-refractivity contribution in [3.8, 4) is 6.07 Å². The van der Waals surface area contributed by atoms with Gasteiger partial charge in [0.2, 0.25) is 0 Å². The van der Waals surface area contributed by atoms with Gasteiger partial charge >= 0.3 is 0 Å². The largest absolute Gasteiger partial charge is 0.298 e. The average molecular weight is 281 g/mol. The number of hydrogen-bond acceptors (Lipinski definition) is 2. The average Bonchev–Trinajstić information content (AvgIpc) is 3.22. The summed E-state index contributed by atoms with van der Waals surface area (Å²) in [4.78, 5) is 12.7. The van der Waals surface area contributed by atoms with Gasteiger partial charge in [0.05, 0.1) is 6.07 Å². The van der Waals surface area contributed by atoms with Crippen molar-refractivity contribution in [3.63, 3.8) is 0 Å². The maximum Gasteiger partial charge on any atom is 0.158 e. The Morgan fingerprint density at radius 2 is 1.62 bits per heavy atom. The lowest BCUT2D eigenvalue weighted by atomic mass is 9.90. The minimum Gasteiger partial charge on any atom is -0.298 e. The molecule has 3 rings (SSSR count). The molecule has 0 heterocycles. The lowest BCUT2D eigenvalue weighted by molar-refractivity contribution is -0.121. The first-order chi connectivity index (χ1) is 10.1. The topological polar surface area (TPSA) is 40.9 Å². The van der Waals surface area contributed by atoms with E-state index < -0.39 is 5.92 Å². The van der Waals surface area contributed by atoms with Gasteiger partial charge in [-0.1, -0.05) is 51.0 Å². The van der Waals surface area contributed by atoms with Crippen LogP contribution in [0.2, 0.25) is 0 Å². The minimum absolute atomic E-state index is 0.168. The van der Waals surface area contributed by atoms with Gasteiger partial charge in [-0.15, -0.1) is 0 Å². The molecule has 2 saturated carbocycles. The zero-order valence-corrected chi connectivity index (χ0v) is 12.9. The maximum absolute atomic E-state index is 12.7. The predicted octanol–water partition coefficient (Wildman–Crippen LogP) is 4.42. The van der Waals surface area contributed by atoms with Crippen molar-refractivity contribution in [1.82, 2.24) is 0 Å². The van der Waals surface area contributed by atoms with E-state index in [0.717, 1.165) is 5.56 Å². The van der Waals surface area contributed by atoms with E-state index in [9.17, 15) is 10.1 Å². The van der Waals surface area contributed by atoms with Gasteiger partial charge in [-0.25, -0.2) is 0 Å². The molecule has 2 aliphatic rings. The van der Waals surface area contributed by atoms with E-state index >= 15 is 0 Å². The van der Waals surface area contributed by atoms with Gasteiger partial charge in [0, 0.05) is 5.92 Å². The van der Waals surface area contributed by atoms with Gasteiger partial charge in [-0.2, -0.15) is 5.26 Å². The highest BCUT2D eigenvalue weighted by atomic mass is 16.1. The number of Topliss-reactive ketones (excluding diaryl/α,β-unsaturated/α-hetero) is 1. The molecule has 2 fully saturated rings. The van der Waals surface area contributed by atoms with Gasteiger partial charge < -0.3 is 0 Å². The number of nitriles is 1. The van der Waals surface area contributed by atoms with Crippen LogP contribution in [0.4, 0.5) is 0 Å². The Morgan fingerprint density at radius 3 is 2.10 bits per heavy atom. The maximum atomic E-state index is 12.7. The summed E-state index contributed by atoms with van der Waals surface area (Å²) in [6.45, 7) is 4.30. The Hall–Kier alpha value is -1.62. The highest BCUT2D eigenvalue weighted by molar-refractivity contribution is 5.93. The van der Waals surface area contributed by atoms with Crippen molar-refractivity contribution in [2.24, 2.45) is 17.8 Å². The van der Waals surface area contributed by atoms with Crippen molar-refractivity contribution in [2.75, 3.05) is 0 Å². The Balaban J connectivity index is 1.76. The van der Waals surface area contributed by atoms with E-state index in [2.05, 4.69) is 32.0 Å². The van der Waals surface area contributed by atoms with Crippen LogP contribution < -0.4 is 0 Å². The number of ketones is 1. The number of benzene rings is 1. The molecule has 0 aliphatic heterocycles. The third kappa shape index (κ3) is 2.62. The molecule has 0 radical (unpaired) electrons. The summed E-state index contributed by atoms with van der Waals surface area (Å²) in [5.41, 5.74) is 2.12. The second-order valence-electron chi connectivity index (χ2n) is 6.92. The molecule has 3 unspecified atom stereocenters. The van der Waals surface area contributed by atoms with Gasteiger partial charge in [0.15, 0.2) is 5.78 Å². The van der Waals surface area contributed by atoms with E-state index in [1.807, 2.05) is 12.1 Å². The molecule has 2 nitrogen and oxygen atoms in total. The van der Waals surface area contributed by atoms with Gasteiger partial charge in [-0.05, 0) is 41.7 Å². The van der Waals surface area contributed by atoms with Crippen LogP contribution in [0.5, 0.6) is 0 Å². The minimum atomic E-state index is -0.568. The van der Waals surface area contributed by atoms with Crippen molar-refractivity contribution < 1.29 is 4.79 Å². The van der Waals surface area contributed by atoms with Crippen LogP contribution in [0.25, 0.3) is 0 Å². The van der Waals surface area contributed by atoms with Crippen molar-refractivity contribution >= 4 is 5.78 Å². The molecule has 0 bridgehead atoms. The van der Waals surface area contributed by atoms with Crippen LogP contribution in [0, 0.1) is 29.1 Å². The quantitative estimate of drug-likeness (QED) is 0.819. The number of carbonyl (C=O) groups is 1. The first-order valence-corrected chi connectivity index (χ1v) is 8.16. The molecule has 21 heavy (non-hydrogen) atoms. The zero-order chi connectivity index (χ0) is 15.0. The second-order valence-corrected chi connectivity index (χ2v) is 6.92. The van der Waals surface area contributed by atoms with Crippen molar-refractivity contribution in [2.45, 2.75) is 51.4 Å². The number of carbonyl (C=O) groups excluding carboxylic acids is 1. The number of rotatable bonds is 4. The van der Waals surface area contributed by atoms with Crippen LogP contribution in [0.3, 0.4) is 0 Å². The van der Waals surface area contributed by atoms with Crippen molar-refractivity contribution in [3.05, 3.63) is 35.4 Å². The van der Waals surface area contributed by atoms with E-state index in [1.54, 1.807) is 0 Å². The first kappa shape index (κ1) is 14.3. The zero-order valence-electron chi connectivity index (χ0n) is 12.9. The fourth-order valence-electron chi connectivity index (χ4n) is 3.98. The Morgan fingerprint density at radius 1 is 1.10 bits per heavy atom. The summed E-state index contributed by atoms with van der Waals surface area (Å²) in [7, 11) is 0. The third-order valence-corrected chi connectivity index (χ3v) is 5.34. The molecular weight excluding hydrogens is 258 g/mol. The highest BCUT2D eigenvalue weighted by Gasteiger charge is 2.55. The number of hydrogen-bond donors (Lipinski definition) is 0. The lowest BCUT2D eigenvalue weighted by Crippen LogP contribution is -2.14. The van der Waals surface area contributed by atoms with E-state index in [4.69, 9.17) is 0 Å². The van der Waals surface area contributed by atoms with Gasteiger partial charge in [0.1, 0.15) is 5.92 Å². The van der Waals surface area contributed by atoms with E-state index in [1.165, 1.54) is 31.2 Å². The monoisotopic (exact) mass is 281 g/mol. The Kier molecular flexibility index (Phi) is 3.85. The molecule has 3 atom stereocenters. The molecule has 1 aromatic rings. The summed E-state index contributed by atoms with van der Waals surface area (Å²) in [5, 5.41) is 9.47. The van der Waals surface area contributed by atoms with E-state index in [0.29, 0.717) is 17.8 Å². The molecule has 2 aliphatic carbocycles. The van der Waals surface area contributed by atoms with Gasteiger partial charge in [0.25, 0.3) is 0 Å². The molecule has 0 aromatic heterocycles. The highest BCUT2D eigenvalue weighted by Crippen LogP contribution is 2.57. The Labute approximate surface area is 127 Å². The van der Waals surface area contributed by atoms with Crippen LogP contribution in [-0.4, -0.2) is 5.78 Å². The fourth-order valence-corrected chi connectivity index (χ4v) is 3.98. The smallest absolute Gasteiger partial charge is 0.158 e. The normalized spacial score (nSPS) is 28.6. The molecule has 2 heteroatoms. The van der Waals surface area contributed by atoms with Crippen LogP contribution >= 0.6 is 0 Å². The number of fused-ring (bicyclic) bond motifs is 1. The molecule has 0 N–H and O–H groups in total. The summed E-state index contributed by atoms with van der Waals surface area (Å²) in [5.74, 6) is 1.41. The molecule has 110 valence electrons. The van der Waals surface area contributed by atoms with Crippen LogP contribution in [-0.2, 0) is 4.79 Å². The fraction of sp³-hybridized carbons (Fsp3) is 0.579. The molecule has 1 aromatic carbocycles. The van der Waals surface area contributed by atoms with Crippen LogP contribution in [0.1, 0.15) is 62.5 Å². The number of nitrogens with zero attached hydrogens (tertiary/aromatic N) is 1. The molecular formula is C19H23NO. The van der Waals surface area contributed by atoms with Crippen molar-refractivity contribution in [1.29, 1.82) is 5.26 Å². The summed E-state index contributed by atoms with van der Waals surface area (Å²) in [6, 6.07) is 10.3. The third-order valence-electron chi connectivity index (χ3n) is 5.34. The Bertz CT molecular complexity index is 554. The summed E-state index contributed by atoms with van der Waals surface area (Å²) < 4.78 is 0. The lowest BCUT2D eigenvalue weighted by Gasteiger charge is -2.11. The second kappa shape index (κ2) is 5.64. The summed E-state index contributed by atoms with van der Waals surface area (Å²) in [6.07, 6.45) is 4.88.